The molecule has 0 fully saturated rings. The number of halogens is 1. The normalized spacial score (nSPS) is 12.2. The Hall–Kier alpha value is -3.38. The highest BCUT2D eigenvalue weighted by Gasteiger charge is 2.17. The molecule has 142 valence electrons. The van der Waals surface area contributed by atoms with E-state index in [4.69, 9.17) is 14.5 Å². The van der Waals surface area contributed by atoms with Gasteiger partial charge in [0.05, 0.1) is 16.8 Å². The second kappa shape index (κ2) is 7.22. The number of pyridine rings is 1. The van der Waals surface area contributed by atoms with Gasteiger partial charge in [-0.2, -0.15) is 0 Å². The number of nitrogens with zero attached hydrogens (tertiary/aromatic N) is 1. The zero-order valence-electron chi connectivity index (χ0n) is 15.2. The Kier molecular flexibility index (Phi) is 4.41. The fraction of sp³-hybridized carbons (Fsp3) is 0.0435. The van der Waals surface area contributed by atoms with Gasteiger partial charge in [-0.05, 0) is 36.4 Å². The predicted molar refractivity (Wildman–Crippen MR) is 115 cm³/mol. The van der Waals surface area contributed by atoms with Crippen LogP contribution in [-0.2, 0) is 0 Å². The van der Waals surface area contributed by atoms with Crippen molar-refractivity contribution in [2.75, 3.05) is 12.1 Å². The Bertz CT molecular complexity index is 1240. The minimum atomic E-state index is -0.216. The van der Waals surface area contributed by atoms with Crippen molar-refractivity contribution < 1.29 is 14.3 Å². The van der Waals surface area contributed by atoms with Gasteiger partial charge in [-0.25, -0.2) is 4.98 Å². The van der Waals surface area contributed by atoms with Crippen LogP contribution in [0.4, 0.5) is 5.69 Å². The summed E-state index contributed by atoms with van der Waals surface area (Å²) in [7, 11) is 0. The molecule has 1 N–H and O–H groups in total. The molecule has 1 aromatic heterocycles. The van der Waals surface area contributed by atoms with Crippen LogP contribution >= 0.6 is 15.9 Å². The van der Waals surface area contributed by atoms with E-state index in [1.54, 1.807) is 18.2 Å². The molecule has 0 saturated carbocycles. The minimum absolute atomic E-state index is 0.191. The molecule has 2 heterocycles. The van der Waals surface area contributed by atoms with E-state index in [9.17, 15) is 4.79 Å². The topological polar surface area (TPSA) is 60.5 Å². The van der Waals surface area contributed by atoms with Crippen LogP contribution in [-0.4, -0.2) is 17.7 Å². The van der Waals surface area contributed by atoms with Gasteiger partial charge in [0.25, 0.3) is 5.91 Å². The molecule has 3 aromatic carbocycles. The summed E-state index contributed by atoms with van der Waals surface area (Å²) in [6.07, 6.45) is 0. The Balaban J connectivity index is 1.58. The highest BCUT2D eigenvalue weighted by Crippen LogP contribution is 2.35. The summed E-state index contributed by atoms with van der Waals surface area (Å²) in [5.41, 5.74) is 3.64. The lowest BCUT2D eigenvalue weighted by atomic mass is 10.0. The number of benzene rings is 3. The zero-order valence-corrected chi connectivity index (χ0v) is 16.8. The zero-order chi connectivity index (χ0) is 19.8. The number of aromatic nitrogens is 1. The molecule has 0 aliphatic carbocycles. The summed E-state index contributed by atoms with van der Waals surface area (Å²) in [5, 5.41) is 3.74. The van der Waals surface area contributed by atoms with Gasteiger partial charge in [-0.1, -0.05) is 46.3 Å². The number of fused-ring (bicyclic) bond motifs is 2. The number of anilines is 1. The molecule has 6 heteroatoms. The molecule has 0 unspecified atom stereocenters. The smallest absolute Gasteiger partial charge is 0.256 e. The average Bonchev–Trinajstić information content (AvgIpc) is 3.21. The lowest BCUT2D eigenvalue weighted by Gasteiger charge is -2.11. The molecule has 5 nitrogen and oxygen atoms in total. The van der Waals surface area contributed by atoms with E-state index in [0.717, 1.165) is 26.6 Å². The summed E-state index contributed by atoms with van der Waals surface area (Å²) < 4.78 is 11.6. The van der Waals surface area contributed by atoms with E-state index < -0.39 is 0 Å². The molecule has 1 amide bonds. The minimum Gasteiger partial charge on any atom is -0.454 e. The van der Waals surface area contributed by atoms with Crippen LogP contribution in [0.3, 0.4) is 0 Å². The third kappa shape index (κ3) is 3.43. The first kappa shape index (κ1) is 17.7. The van der Waals surface area contributed by atoms with Crippen molar-refractivity contribution in [3.63, 3.8) is 0 Å². The molecular formula is C23H15BrN2O3. The first-order valence-electron chi connectivity index (χ1n) is 9.04. The number of amides is 1. The summed E-state index contributed by atoms with van der Waals surface area (Å²) >= 11 is 3.49. The Morgan fingerprint density at radius 1 is 0.931 bits per heavy atom. The maximum Gasteiger partial charge on any atom is 0.256 e. The number of nitrogens with one attached hydrogen (secondary N) is 1. The summed E-state index contributed by atoms with van der Waals surface area (Å²) in [5.74, 6) is 1.08. The number of hydrogen-bond acceptors (Lipinski definition) is 4. The van der Waals surface area contributed by atoms with Crippen molar-refractivity contribution in [3.8, 4) is 22.8 Å². The van der Waals surface area contributed by atoms with Gasteiger partial charge in [-0.15, -0.1) is 0 Å². The first-order chi connectivity index (χ1) is 14.2. The average molecular weight is 447 g/mol. The van der Waals surface area contributed by atoms with Crippen LogP contribution in [0.1, 0.15) is 10.4 Å². The van der Waals surface area contributed by atoms with Gasteiger partial charge in [0.2, 0.25) is 6.79 Å². The quantitative estimate of drug-likeness (QED) is 0.441. The van der Waals surface area contributed by atoms with Crippen LogP contribution in [0.5, 0.6) is 11.5 Å². The van der Waals surface area contributed by atoms with Crippen LogP contribution in [0.15, 0.2) is 77.3 Å². The number of ether oxygens (including phenoxy) is 2. The van der Waals surface area contributed by atoms with Crippen molar-refractivity contribution in [1.82, 2.24) is 4.98 Å². The van der Waals surface area contributed by atoms with E-state index in [2.05, 4.69) is 21.2 Å². The van der Waals surface area contributed by atoms with Crippen molar-refractivity contribution in [2.24, 2.45) is 0 Å². The van der Waals surface area contributed by atoms with Crippen LogP contribution < -0.4 is 14.8 Å². The molecule has 0 spiro atoms. The standard InChI is InChI=1S/C23H15BrN2O3/c24-15-6-8-19-17(10-15)18(12-20(26-19)14-4-2-1-3-5-14)23(27)25-16-7-9-21-22(11-16)29-13-28-21/h1-12H,13H2,(H,25,27). The number of hydrogen-bond donors (Lipinski definition) is 1. The molecule has 0 radical (unpaired) electrons. The van der Waals surface area contributed by atoms with Gasteiger partial charge in [0, 0.05) is 27.2 Å². The molecule has 0 atom stereocenters. The third-order valence-corrected chi connectivity index (χ3v) is 5.21. The molecular weight excluding hydrogens is 432 g/mol. The van der Waals surface area contributed by atoms with E-state index >= 15 is 0 Å². The Morgan fingerprint density at radius 3 is 2.62 bits per heavy atom. The molecule has 29 heavy (non-hydrogen) atoms. The fourth-order valence-corrected chi connectivity index (χ4v) is 3.68. The highest BCUT2D eigenvalue weighted by atomic mass is 79.9. The van der Waals surface area contributed by atoms with Crippen LogP contribution in [0, 0.1) is 0 Å². The van der Waals surface area contributed by atoms with Gasteiger partial charge < -0.3 is 14.8 Å². The maximum absolute atomic E-state index is 13.2. The summed E-state index contributed by atoms with van der Waals surface area (Å²) in [6.45, 7) is 0.191. The van der Waals surface area contributed by atoms with Gasteiger partial charge in [0.1, 0.15) is 0 Å². The number of carbonyl (C=O) groups excluding carboxylic acids is 1. The van der Waals surface area contributed by atoms with Gasteiger partial charge in [-0.3, -0.25) is 4.79 Å². The van der Waals surface area contributed by atoms with Gasteiger partial charge >= 0.3 is 0 Å². The lowest BCUT2D eigenvalue weighted by molar-refractivity contribution is 0.102. The van der Waals surface area contributed by atoms with Crippen molar-refractivity contribution in [1.29, 1.82) is 0 Å². The SMILES string of the molecule is O=C(Nc1ccc2c(c1)OCO2)c1cc(-c2ccccc2)nc2ccc(Br)cc12. The molecule has 0 saturated heterocycles. The molecule has 4 aromatic rings. The Morgan fingerprint density at radius 2 is 1.76 bits per heavy atom. The van der Waals surface area contributed by atoms with E-state index in [1.165, 1.54) is 0 Å². The fourth-order valence-electron chi connectivity index (χ4n) is 3.32. The first-order valence-corrected chi connectivity index (χ1v) is 9.83. The Labute approximate surface area is 175 Å². The number of carbonyl (C=O) groups is 1. The summed E-state index contributed by atoms with van der Waals surface area (Å²) in [6, 6.07) is 22.7. The van der Waals surface area contributed by atoms with Gasteiger partial charge in [0.15, 0.2) is 11.5 Å². The molecule has 5 rings (SSSR count). The predicted octanol–water partition coefficient (Wildman–Crippen LogP) is 5.65. The lowest BCUT2D eigenvalue weighted by Crippen LogP contribution is -2.13. The molecule has 1 aliphatic heterocycles. The maximum atomic E-state index is 13.2. The second-order valence-corrected chi connectivity index (χ2v) is 7.52. The number of rotatable bonds is 3. The highest BCUT2D eigenvalue weighted by molar-refractivity contribution is 9.10. The van der Waals surface area contributed by atoms with Crippen LogP contribution in [0.2, 0.25) is 0 Å². The van der Waals surface area contributed by atoms with Crippen LogP contribution in [0.25, 0.3) is 22.2 Å². The van der Waals surface area contributed by atoms with E-state index in [1.807, 2.05) is 54.6 Å². The van der Waals surface area contributed by atoms with Crippen molar-refractivity contribution >= 4 is 38.4 Å². The monoisotopic (exact) mass is 446 g/mol. The van der Waals surface area contributed by atoms with Crippen molar-refractivity contribution in [2.45, 2.75) is 0 Å². The molecule has 0 bridgehead atoms. The summed E-state index contributed by atoms with van der Waals surface area (Å²) in [4.78, 5) is 17.9. The van der Waals surface area contributed by atoms with Crippen molar-refractivity contribution in [3.05, 3.63) is 82.8 Å². The second-order valence-electron chi connectivity index (χ2n) is 6.60. The third-order valence-electron chi connectivity index (χ3n) is 4.72. The molecule has 1 aliphatic rings. The van der Waals surface area contributed by atoms with E-state index in [0.29, 0.717) is 22.7 Å². The largest absolute Gasteiger partial charge is 0.454 e. The van der Waals surface area contributed by atoms with E-state index in [-0.39, 0.29) is 12.7 Å².